The average Bonchev–Trinajstić information content (AvgIpc) is 2.73. The Morgan fingerprint density at radius 1 is 1.14 bits per heavy atom. The van der Waals surface area contributed by atoms with E-state index in [2.05, 4.69) is 0 Å². The molecule has 2 aromatic carbocycles. The monoisotopic (exact) mass is 301 g/mol. The van der Waals surface area contributed by atoms with Crippen molar-refractivity contribution >= 4 is 17.7 Å². The summed E-state index contributed by atoms with van der Waals surface area (Å²) >= 11 is 6.43. The van der Waals surface area contributed by atoms with Gasteiger partial charge >= 0.3 is 6.09 Å². The second kappa shape index (κ2) is 5.41. The minimum Gasteiger partial charge on any atom is -0.444 e. The Kier molecular flexibility index (Phi) is 3.60. The minimum atomic E-state index is -0.296. The number of cyclic esters (lactones) is 1. The first kappa shape index (κ1) is 14.0. The number of hydrogen-bond donors (Lipinski definition) is 0. The van der Waals surface area contributed by atoms with Gasteiger partial charge in [0.1, 0.15) is 6.10 Å². The van der Waals surface area contributed by atoms with E-state index in [1.165, 1.54) is 0 Å². The predicted molar refractivity (Wildman–Crippen MR) is 83.3 cm³/mol. The summed E-state index contributed by atoms with van der Waals surface area (Å²) < 4.78 is 5.24. The highest BCUT2D eigenvalue weighted by Gasteiger charge is 2.37. The van der Waals surface area contributed by atoms with Crippen LogP contribution in [-0.4, -0.2) is 24.1 Å². The molecule has 0 N–H and O–H groups in total. The van der Waals surface area contributed by atoms with Gasteiger partial charge in [-0.1, -0.05) is 54.1 Å². The van der Waals surface area contributed by atoms with Crippen LogP contribution in [0.25, 0.3) is 11.1 Å². The molecular formula is C17H16ClNO2. The number of nitrogens with zero attached hydrogens (tertiary/aromatic N) is 1. The van der Waals surface area contributed by atoms with Crippen LogP contribution in [0.3, 0.4) is 0 Å². The highest BCUT2D eigenvalue weighted by atomic mass is 35.5. The maximum Gasteiger partial charge on any atom is 0.410 e. The van der Waals surface area contributed by atoms with E-state index in [0.717, 1.165) is 16.7 Å². The summed E-state index contributed by atoms with van der Waals surface area (Å²) in [5, 5.41) is 0.679. The number of carbonyl (C=O) groups excluding carboxylic acids is 1. The van der Waals surface area contributed by atoms with Crippen molar-refractivity contribution in [3.05, 3.63) is 59.1 Å². The number of carbonyl (C=O) groups is 1. The molecule has 1 aliphatic heterocycles. The topological polar surface area (TPSA) is 29.5 Å². The number of amides is 1. The summed E-state index contributed by atoms with van der Waals surface area (Å²) in [6.07, 6.45) is -0.475. The molecule has 4 heteroatoms. The summed E-state index contributed by atoms with van der Waals surface area (Å²) in [6, 6.07) is 15.8. The van der Waals surface area contributed by atoms with E-state index in [0.29, 0.717) is 5.02 Å². The van der Waals surface area contributed by atoms with Gasteiger partial charge in [-0.3, -0.25) is 0 Å². The first-order chi connectivity index (χ1) is 10.1. The number of hydrogen-bond acceptors (Lipinski definition) is 2. The van der Waals surface area contributed by atoms with E-state index in [9.17, 15) is 4.79 Å². The smallest absolute Gasteiger partial charge is 0.410 e. The lowest BCUT2D eigenvalue weighted by Gasteiger charge is -2.20. The van der Waals surface area contributed by atoms with Crippen molar-refractivity contribution in [1.82, 2.24) is 4.90 Å². The van der Waals surface area contributed by atoms with Crippen LogP contribution in [0.5, 0.6) is 0 Å². The molecule has 21 heavy (non-hydrogen) atoms. The van der Waals surface area contributed by atoms with Crippen LogP contribution >= 0.6 is 11.6 Å². The quantitative estimate of drug-likeness (QED) is 0.816. The normalized spacial score (nSPS) is 21.5. The molecule has 2 aromatic rings. The third-order valence-corrected chi connectivity index (χ3v) is 4.17. The number of rotatable bonds is 2. The zero-order chi connectivity index (χ0) is 15.0. The van der Waals surface area contributed by atoms with E-state index in [4.69, 9.17) is 16.3 Å². The lowest BCUT2D eigenvalue weighted by molar-refractivity contribution is 0.138. The fourth-order valence-corrected chi connectivity index (χ4v) is 3.09. The summed E-state index contributed by atoms with van der Waals surface area (Å²) in [5.74, 6) is 0. The maximum absolute atomic E-state index is 11.6. The maximum atomic E-state index is 11.6. The lowest BCUT2D eigenvalue weighted by atomic mass is 9.98. The van der Waals surface area contributed by atoms with E-state index >= 15 is 0 Å². The molecule has 3 nitrogen and oxygen atoms in total. The largest absolute Gasteiger partial charge is 0.444 e. The Bertz CT molecular complexity index is 672. The van der Waals surface area contributed by atoms with Crippen molar-refractivity contribution in [1.29, 1.82) is 0 Å². The van der Waals surface area contributed by atoms with E-state index in [-0.39, 0.29) is 18.2 Å². The van der Waals surface area contributed by atoms with Crippen molar-refractivity contribution in [3.8, 4) is 11.1 Å². The zero-order valence-electron chi connectivity index (χ0n) is 11.9. The van der Waals surface area contributed by atoms with Crippen LogP contribution in [0.2, 0.25) is 5.02 Å². The van der Waals surface area contributed by atoms with Gasteiger partial charge in [0.25, 0.3) is 0 Å². The van der Waals surface area contributed by atoms with Crippen molar-refractivity contribution in [2.24, 2.45) is 0 Å². The molecule has 108 valence electrons. The average molecular weight is 302 g/mol. The summed E-state index contributed by atoms with van der Waals surface area (Å²) in [5.41, 5.74) is 3.05. The molecule has 1 aliphatic rings. The van der Waals surface area contributed by atoms with Crippen LogP contribution in [0.1, 0.15) is 18.5 Å². The molecule has 0 saturated carbocycles. The van der Waals surface area contributed by atoms with Gasteiger partial charge in [0.2, 0.25) is 0 Å². The molecule has 1 saturated heterocycles. The Labute approximate surface area is 129 Å². The van der Waals surface area contributed by atoms with Gasteiger partial charge < -0.3 is 9.64 Å². The molecule has 0 bridgehead atoms. The molecule has 2 unspecified atom stereocenters. The van der Waals surface area contributed by atoms with Gasteiger partial charge in [0.15, 0.2) is 0 Å². The van der Waals surface area contributed by atoms with Crippen LogP contribution in [0.4, 0.5) is 4.79 Å². The molecule has 1 fully saturated rings. The Balaban J connectivity index is 1.97. The fraction of sp³-hybridized carbons (Fsp3) is 0.235. The first-order valence-electron chi connectivity index (χ1n) is 6.86. The van der Waals surface area contributed by atoms with Crippen LogP contribution in [0.15, 0.2) is 48.5 Å². The number of ether oxygens (including phenoxy) is 1. The second-order valence-electron chi connectivity index (χ2n) is 5.25. The minimum absolute atomic E-state index is 0.0974. The predicted octanol–water partition coefficient (Wildman–Crippen LogP) is 4.52. The van der Waals surface area contributed by atoms with E-state index < -0.39 is 0 Å². The molecule has 2 atom stereocenters. The molecule has 0 aliphatic carbocycles. The van der Waals surface area contributed by atoms with Gasteiger partial charge in [0.05, 0.1) is 6.04 Å². The Morgan fingerprint density at radius 3 is 2.43 bits per heavy atom. The highest BCUT2D eigenvalue weighted by molar-refractivity contribution is 6.33. The van der Waals surface area contributed by atoms with Gasteiger partial charge in [-0.2, -0.15) is 0 Å². The number of likely N-dealkylation sites (N-methyl/N-ethyl adjacent to an activating group) is 1. The Morgan fingerprint density at radius 2 is 1.86 bits per heavy atom. The van der Waals surface area contributed by atoms with Crippen molar-refractivity contribution < 1.29 is 9.53 Å². The van der Waals surface area contributed by atoms with Crippen molar-refractivity contribution in [2.45, 2.75) is 19.1 Å². The second-order valence-corrected chi connectivity index (χ2v) is 5.66. The fourth-order valence-electron chi connectivity index (χ4n) is 2.80. The molecule has 0 aromatic heterocycles. The van der Waals surface area contributed by atoms with Crippen molar-refractivity contribution in [3.63, 3.8) is 0 Å². The van der Waals surface area contributed by atoms with Crippen LogP contribution < -0.4 is 0 Å². The molecule has 0 spiro atoms. The van der Waals surface area contributed by atoms with Gasteiger partial charge in [0, 0.05) is 17.6 Å². The standard InChI is InChI=1S/C17H16ClNO2/c1-11-16(19(2)17(20)21-11)13-8-9-14(15(18)10-13)12-6-4-3-5-7-12/h3-11,16H,1-2H3. The summed E-state index contributed by atoms with van der Waals surface area (Å²) in [6.45, 7) is 1.89. The van der Waals surface area contributed by atoms with Gasteiger partial charge in [-0.25, -0.2) is 4.79 Å². The Hall–Kier alpha value is -2.00. The van der Waals surface area contributed by atoms with Crippen LogP contribution in [-0.2, 0) is 4.74 Å². The van der Waals surface area contributed by atoms with Gasteiger partial charge in [-0.05, 0) is 24.1 Å². The number of halogens is 1. The third kappa shape index (κ3) is 2.49. The molecule has 3 rings (SSSR count). The SMILES string of the molecule is CC1OC(=O)N(C)C1c1ccc(-c2ccccc2)c(Cl)c1. The number of benzene rings is 2. The molecular weight excluding hydrogens is 286 g/mol. The summed E-state index contributed by atoms with van der Waals surface area (Å²) in [7, 11) is 1.75. The molecule has 1 heterocycles. The third-order valence-electron chi connectivity index (χ3n) is 3.86. The van der Waals surface area contributed by atoms with Crippen LogP contribution in [0, 0.1) is 0 Å². The summed E-state index contributed by atoms with van der Waals surface area (Å²) in [4.78, 5) is 13.2. The van der Waals surface area contributed by atoms with Crippen molar-refractivity contribution in [2.75, 3.05) is 7.05 Å². The highest BCUT2D eigenvalue weighted by Crippen LogP contribution is 2.36. The first-order valence-corrected chi connectivity index (χ1v) is 7.24. The van der Waals surface area contributed by atoms with E-state index in [1.54, 1.807) is 11.9 Å². The lowest BCUT2D eigenvalue weighted by Crippen LogP contribution is -2.24. The van der Waals surface area contributed by atoms with E-state index in [1.807, 2.05) is 55.5 Å². The molecule has 1 amide bonds. The zero-order valence-corrected chi connectivity index (χ0v) is 12.7. The molecule has 0 radical (unpaired) electrons. The van der Waals surface area contributed by atoms with Gasteiger partial charge in [-0.15, -0.1) is 0 Å².